The van der Waals surface area contributed by atoms with Crippen LogP contribution >= 0.6 is 0 Å². The van der Waals surface area contributed by atoms with Crippen molar-refractivity contribution in [3.05, 3.63) is 54.1 Å². The average Bonchev–Trinajstić information content (AvgIpc) is 3.33. The summed E-state index contributed by atoms with van der Waals surface area (Å²) in [6, 6.07) is 14.8. The Morgan fingerprint density at radius 1 is 0.800 bits per heavy atom. The van der Waals surface area contributed by atoms with Crippen LogP contribution in [0.4, 0.5) is 28.1 Å². The molecular weight excluding hydrogens is 574 g/mol. The van der Waals surface area contributed by atoms with E-state index in [-0.39, 0.29) is 30.1 Å². The molecular formula is C32H39N9O4. The lowest BCUT2D eigenvalue weighted by molar-refractivity contribution is 0.0736. The highest BCUT2D eigenvalue weighted by Crippen LogP contribution is 2.34. The van der Waals surface area contributed by atoms with Crippen molar-refractivity contribution in [2.24, 2.45) is 0 Å². The second kappa shape index (κ2) is 13.0. The first-order valence-corrected chi connectivity index (χ1v) is 15.8. The number of ether oxygens (including phenoxy) is 2. The Bertz CT molecular complexity index is 1500. The predicted octanol–water partition coefficient (Wildman–Crippen LogP) is 2.82. The van der Waals surface area contributed by atoms with Crippen molar-refractivity contribution >= 4 is 35.2 Å². The number of piperazine rings is 1. The van der Waals surface area contributed by atoms with Gasteiger partial charge in [0.25, 0.3) is 5.91 Å². The summed E-state index contributed by atoms with van der Waals surface area (Å²) in [4.78, 5) is 46.6. The van der Waals surface area contributed by atoms with Crippen LogP contribution in [0, 0.1) is 0 Å². The molecule has 3 atom stereocenters. The molecule has 5 heterocycles. The number of nitrogens with zero attached hydrogens (tertiary/aromatic N) is 6. The number of fused-ring (bicyclic) bond motifs is 2. The molecule has 4 aliphatic rings. The quantitative estimate of drug-likeness (QED) is 0.381. The Morgan fingerprint density at radius 2 is 1.44 bits per heavy atom. The van der Waals surface area contributed by atoms with Gasteiger partial charge in [0.15, 0.2) is 5.82 Å². The minimum atomic E-state index is -0.377. The van der Waals surface area contributed by atoms with Crippen LogP contribution in [0.2, 0.25) is 0 Å². The van der Waals surface area contributed by atoms with Crippen LogP contribution in [-0.4, -0.2) is 109 Å². The number of aromatic nitrogens is 3. The molecule has 3 amide bonds. The van der Waals surface area contributed by atoms with Crippen molar-refractivity contribution in [1.29, 1.82) is 0 Å². The highest BCUT2D eigenvalue weighted by Gasteiger charge is 2.39. The summed E-state index contributed by atoms with van der Waals surface area (Å²) in [6.45, 7) is 8.44. The van der Waals surface area contributed by atoms with Gasteiger partial charge in [-0.2, -0.15) is 15.0 Å². The number of hydrogen-bond donors (Lipinski definition) is 3. The first-order valence-electron chi connectivity index (χ1n) is 15.8. The minimum absolute atomic E-state index is 0.00164. The van der Waals surface area contributed by atoms with Crippen molar-refractivity contribution in [3.63, 3.8) is 0 Å². The normalized spacial score (nSPS) is 23.1. The number of amides is 3. The van der Waals surface area contributed by atoms with Crippen LogP contribution in [0.15, 0.2) is 48.5 Å². The maximum absolute atomic E-state index is 12.8. The van der Waals surface area contributed by atoms with Crippen LogP contribution in [0.1, 0.15) is 30.1 Å². The number of anilines is 4. The number of morpholine rings is 2. The Balaban J connectivity index is 1.05. The number of benzene rings is 2. The second-order valence-electron chi connectivity index (χ2n) is 12.0. The maximum atomic E-state index is 12.8. The van der Waals surface area contributed by atoms with Gasteiger partial charge in [0.1, 0.15) is 0 Å². The van der Waals surface area contributed by atoms with Gasteiger partial charge in [-0.15, -0.1) is 0 Å². The molecule has 236 valence electrons. The van der Waals surface area contributed by atoms with E-state index in [0.717, 1.165) is 31.5 Å². The summed E-state index contributed by atoms with van der Waals surface area (Å²) >= 11 is 0. The van der Waals surface area contributed by atoms with Crippen molar-refractivity contribution < 1.29 is 19.1 Å². The lowest BCUT2D eigenvalue weighted by Crippen LogP contribution is -2.48. The minimum Gasteiger partial charge on any atom is -0.377 e. The molecule has 7 rings (SSSR count). The SMILES string of the molecule is C[C@H]1COCCN1c1nc(-c2ccc(NC(=O)Nc3ccc(C(=O)N4CCNCC4)cc3)cc2)nc(N2C3CCC2COC3)n1. The zero-order valence-electron chi connectivity index (χ0n) is 25.4. The number of carbonyl (C=O) groups excluding carboxylic acids is 2. The molecule has 0 spiro atoms. The van der Waals surface area contributed by atoms with E-state index in [9.17, 15) is 9.59 Å². The van der Waals surface area contributed by atoms with Gasteiger partial charge in [-0.3, -0.25) is 4.79 Å². The first-order chi connectivity index (χ1) is 22.0. The molecule has 2 unspecified atom stereocenters. The van der Waals surface area contributed by atoms with E-state index in [1.54, 1.807) is 24.3 Å². The standard InChI is InChI=1S/C32H39N9O4/c1-21-18-44-17-16-40(21)30-36-28(37-31(38-30)41-26-10-11-27(41)20-45-19-26)22-2-6-24(7-3-22)34-32(43)35-25-8-4-23(5-9-25)29(42)39-14-12-33-13-15-39/h2-9,21,26-27,33H,10-20H2,1H3,(H2,34,35,43)/t21-,26?,27?/m0/s1. The van der Waals surface area contributed by atoms with E-state index in [0.29, 0.717) is 80.7 Å². The third-order valence-corrected chi connectivity index (χ3v) is 8.90. The zero-order valence-corrected chi connectivity index (χ0v) is 25.4. The van der Waals surface area contributed by atoms with Gasteiger partial charge in [-0.05, 0) is 68.3 Å². The summed E-state index contributed by atoms with van der Waals surface area (Å²) in [5.74, 6) is 1.93. The van der Waals surface area contributed by atoms with E-state index < -0.39 is 0 Å². The van der Waals surface area contributed by atoms with Gasteiger partial charge in [0.05, 0.1) is 44.6 Å². The summed E-state index contributed by atoms with van der Waals surface area (Å²) in [5, 5.41) is 8.97. The van der Waals surface area contributed by atoms with E-state index in [1.165, 1.54) is 0 Å². The van der Waals surface area contributed by atoms with E-state index >= 15 is 0 Å². The maximum Gasteiger partial charge on any atom is 0.323 e. The van der Waals surface area contributed by atoms with Crippen molar-refractivity contribution in [2.45, 2.75) is 37.9 Å². The largest absolute Gasteiger partial charge is 0.377 e. The third-order valence-electron chi connectivity index (χ3n) is 8.90. The first kappa shape index (κ1) is 29.4. The molecule has 45 heavy (non-hydrogen) atoms. The Kier molecular flexibility index (Phi) is 8.46. The number of carbonyl (C=O) groups is 2. The fourth-order valence-electron chi connectivity index (χ4n) is 6.45. The third kappa shape index (κ3) is 6.42. The topological polar surface area (TPSA) is 137 Å². The molecule has 4 aliphatic heterocycles. The van der Waals surface area contributed by atoms with Crippen LogP contribution in [0.25, 0.3) is 11.4 Å². The van der Waals surface area contributed by atoms with Gasteiger partial charge in [0.2, 0.25) is 11.9 Å². The molecule has 4 fully saturated rings. The molecule has 0 saturated carbocycles. The molecule has 3 aromatic rings. The summed E-state index contributed by atoms with van der Waals surface area (Å²) in [5.41, 5.74) is 2.66. The van der Waals surface area contributed by atoms with Crippen LogP contribution in [0.3, 0.4) is 0 Å². The van der Waals surface area contributed by atoms with E-state index in [2.05, 4.69) is 32.7 Å². The van der Waals surface area contributed by atoms with Gasteiger partial charge < -0.3 is 40.1 Å². The van der Waals surface area contributed by atoms with E-state index in [4.69, 9.17) is 24.4 Å². The van der Waals surface area contributed by atoms with E-state index in [1.807, 2.05) is 29.2 Å². The summed E-state index contributed by atoms with van der Waals surface area (Å²) in [7, 11) is 0. The van der Waals surface area contributed by atoms with Gasteiger partial charge in [-0.25, -0.2) is 4.79 Å². The Hall–Kier alpha value is -4.33. The van der Waals surface area contributed by atoms with Crippen LogP contribution < -0.4 is 25.8 Å². The van der Waals surface area contributed by atoms with Crippen molar-refractivity contribution in [2.75, 3.05) is 79.6 Å². The molecule has 4 saturated heterocycles. The summed E-state index contributed by atoms with van der Waals surface area (Å²) < 4.78 is 11.5. The molecule has 3 N–H and O–H groups in total. The molecule has 0 radical (unpaired) electrons. The Morgan fingerprint density at radius 3 is 2.11 bits per heavy atom. The van der Waals surface area contributed by atoms with Crippen molar-refractivity contribution in [3.8, 4) is 11.4 Å². The lowest BCUT2D eigenvalue weighted by Gasteiger charge is -2.36. The molecule has 2 bridgehead atoms. The zero-order chi connectivity index (χ0) is 30.8. The van der Waals surface area contributed by atoms with Crippen LogP contribution in [0.5, 0.6) is 0 Å². The molecule has 13 heteroatoms. The average molecular weight is 614 g/mol. The molecule has 13 nitrogen and oxygen atoms in total. The molecule has 1 aromatic heterocycles. The number of nitrogens with one attached hydrogen (secondary N) is 3. The highest BCUT2D eigenvalue weighted by molar-refractivity contribution is 6.00. The number of urea groups is 1. The number of rotatable bonds is 6. The van der Waals surface area contributed by atoms with Crippen LogP contribution in [-0.2, 0) is 9.47 Å². The summed E-state index contributed by atoms with van der Waals surface area (Å²) in [6.07, 6.45) is 2.13. The fourth-order valence-corrected chi connectivity index (χ4v) is 6.45. The van der Waals surface area contributed by atoms with Gasteiger partial charge in [-0.1, -0.05) is 0 Å². The monoisotopic (exact) mass is 613 g/mol. The highest BCUT2D eigenvalue weighted by atomic mass is 16.5. The van der Waals surface area contributed by atoms with Crippen molar-refractivity contribution in [1.82, 2.24) is 25.2 Å². The second-order valence-corrected chi connectivity index (χ2v) is 12.0. The fraction of sp³-hybridized carbons (Fsp3) is 0.469. The van der Waals surface area contributed by atoms with Gasteiger partial charge in [0, 0.05) is 55.2 Å². The smallest absolute Gasteiger partial charge is 0.323 e. The molecule has 0 aliphatic carbocycles. The molecule has 2 aromatic carbocycles. The predicted molar refractivity (Wildman–Crippen MR) is 171 cm³/mol. The Labute approximate surface area is 262 Å². The number of hydrogen-bond acceptors (Lipinski definition) is 10. The lowest BCUT2D eigenvalue weighted by atomic mass is 10.1. The van der Waals surface area contributed by atoms with Gasteiger partial charge >= 0.3 is 6.03 Å².